The maximum Gasteiger partial charge on any atom is 0.308 e. The molecule has 5 heteroatoms. The summed E-state index contributed by atoms with van der Waals surface area (Å²) in [5, 5.41) is 12.6. The zero-order valence-corrected chi connectivity index (χ0v) is 13.6. The van der Waals surface area contributed by atoms with Crippen LogP contribution in [0.3, 0.4) is 0 Å². The number of nitrogens with zero attached hydrogens (tertiary/aromatic N) is 1. The molecule has 0 saturated carbocycles. The first-order chi connectivity index (χ1) is 10.5. The monoisotopic (exact) mass is 306 g/mol. The van der Waals surface area contributed by atoms with Crippen molar-refractivity contribution in [3.63, 3.8) is 0 Å². The van der Waals surface area contributed by atoms with Crippen molar-refractivity contribution in [1.82, 2.24) is 5.32 Å². The van der Waals surface area contributed by atoms with Crippen LogP contribution in [0.15, 0.2) is 18.2 Å². The van der Waals surface area contributed by atoms with E-state index in [1.807, 2.05) is 12.1 Å². The van der Waals surface area contributed by atoms with Gasteiger partial charge in [-0.25, -0.2) is 0 Å². The predicted octanol–water partition coefficient (Wildman–Crippen LogP) is 2.49. The summed E-state index contributed by atoms with van der Waals surface area (Å²) >= 11 is 0. The van der Waals surface area contributed by atoms with E-state index in [4.69, 9.17) is 4.74 Å². The first-order valence-electron chi connectivity index (χ1n) is 7.89. The van der Waals surface area contributed by atoms with Crippen molar-refractivity contribution in [3.05, 3.63) is 23.8 Å². The average molecular weight is 306 g/mol. The molecule has 1 heterocycles. The van der Waals surface area contributed by atoms with E-state index in [0.717, 1.165) is 37.4 Å². The highest BCUT2D eigenvalue weighted by atomic mass is 16.5. The summed E-state index contributed by atoms with van der Waals surface area (Å²) in [5.74, 6) is -0.184. The standard InChI is InChI=1S/C17H26N2O3/c1-12(2)18-10-13-6-7-15(16(9-13)22-3)19-8-4-5-14(11-19)17(20)21/h6-7,9,12,14,18H,4-5,8,10-11H2,1-3H3,(H,20,21). The van der Waals surface area contributed by atoms with E-state index in [1.165, 1.54) is 5.56 Å². The molecule has 1 aliphatic rings. The Labute approximate surface area is 132 Å². The van der Waals surface area contributed by atoms with Crippen molar-refractivity contribution >= 4 is 11.7 Å². The minimum atomic E-state index is -0.707. The number of carboxylic acids is 1. The summed E-state index contributed by atoms with van der Waals surface area (Å²) in [5.41, 5.74) is 2.16. The van der Waals surface area contributed by atoms with E-state index < -0.39 is 5.97 Å². The molecule has 2 rings (SSSR count). The molecule has 1 saturated heterocycles. The van der Waals surface area contributed by atoms with Crippen LogP contribution in [-0.2, 0) is 11.3 Å². The van der Waals surface area contributed by atoms with E-state index in [0.29, 0.717) is 12.6 Å². The highest BCUT2D eigenvalue weighted by Crippen LogP contribution is 2.32. The molecule has 0 aromatic heterocycles. The largest absolute Gasteiger partial charge is 0.495 e. The molecule has 0 amide bonds. The third kappa shape index (κ3) is 4.13. The third-order valence-corrected chi connectivity index (χ3v) is 4.07. The Bertz CT molecular complexity index is 517. The van der Waals surface area contributed by atoms with Crippen LogP contribution in [0.4, 0.5) is 5.69 Å². The van der Waals surface area contributed by atoms with Crippen LogP contribution >= 0.6 is 0 Å². The summed E-state index contributed by atoms with van der Waals surface area (Å²) in [6.45, 7) is 6.46. The van der Waals surface area contributed by atoms with Crippen LogP contribution in [0.5, 0.6) is 5.75 Å². The fourth-order valence-electron chi connectivity index (χ4n) is 2.81. The number of methoxy groups -OCH3 is 1. The molecule has 1 fully saturated rings. The molecule has 0 aliphatic carbocycles. The topological polar surface area (TPSA) is 61.8 Å². The van der Waals surface area contributed by atoms with Gasteiger partial charge in [0.15, 0.2) is 0 Å². The highest BCUT2D eigenvalue weighted by molar-refractivity contribution is 5.72. The van der Waals surface area contributed by atoms with Gasteiger partial charge >= 0.3 is 5.97 Å². The van der Waals surface area contributed by atoms with E-state index >= 15 is 0 Å². The number of hydrogen-bond donors (Lipinski definition) is 2. The molecule has 1 atom stereocenters. The molecule has 5 nitrogen and oxygen atoms in total. The lowest BCUT2D eigenvalue weighted by Crippen LogP contribution is -2.38. The molecule has 122 valence electrons. The zero-order valence-electron chi connectivity index (χ0n) is 13.6. The summed E-state index contributed by atoms with van der Waals surface area (Å²) in [4.78, 5) is 13.3. The summed E-state index contributed by atoms with van der Waals surface area (Å²) in [6, 6.07) is 6.59. The van der Waals surface area contributed by atoms with E-state index in [1.54, 1.807) is 7.11 Å². The molecule has 0 spiro atoms. The molecule has 1 aromatic carbocycles. The molecule has 0 radical (unpaired) electrons. The van der Waals surface area contributed by atoms with Crippen LogP contribution in [0.2, 0.25) is 0 Å². The molecule has 1 aliphatic heterocycles. The van der Waals surface area contributed by atoms with Crippen molar-refractivity contribution in [3.8, 4) is 5.75 Å². The SMILES string of the molecule is COc1cc(CNC(C)C)ccc1N1CCCC(C(=O)O)C1. The van der Waals surface area contributed by atoms with Crippen LogP contribution in [0, 0.1) is 5.92 Å². The Kier molecular flexibility index (Phi) is 5.66. The molecule has 22 heavy (non-hydrogen) atoms. The fraction of sp³-hybridized carbons (Fsp3) is 0.588. The molecule has 0 bridgehead atoms. The Morgan fingerprint density at radius 1 is 1.50 bits per heavy atom. The summed E-state index contributed by atoms with van der Waals surface area (Å²) in [6.07, 6.45) is 1.65. The van der Waals surface area contributed by atoms with Gasteiger partial charge in [0, 0.05) is 25.7 Å². The van der Waals surface area contributed by atoms with E-state index in [-0.39, 0.29) is 5.92 Å². The number of carboxylic acid groups (broad SMARTS) is 1. The van der Waals surface area contributed by atoms with Crippen LogP contribution in [0.25, 0.3) is 0 Å². The number of rotatable bonds is 6. The second kappa shape index (κ2) is 7.49. The minimum Gasteiger partial charge on any atom is -0.495 e. The number of piperidine rings is 1. The number of hydrogen-bond acceptors (Lipinski definition) is 4. The Morgan fingerprint density at radius 3 is 2.91 bits per heavy atom. The van der Waals surface area contributed by atoms with Crippen molar-refractivity contribution in [2.24, 2.45) is 5.92 Å². The van der Waals surface area contributed by atoms with Gasteiger partial charge in [-0.2, -0.15) is 0 Å². The van der Waals surface area contributed by atoms with Gasteiger partial charge in [-0.1, -0.05) is 19.9 Å². The predicted molar refractivity (Wildman–Crippen MR) is 87.5 cm³/mol. The molecular weight excluding hydrogens is 280 g/mol. The van der Waals surface area contributed by atoms with Crippen molar-refractivity contribution < 1.29 is 14.6 Å². The fourth-order valence-corrected chi connectivity index (χ4v) is 2.81. The molecule has 1 aromatic rings. The van der Waals surface area contributed by atoms with Gasteiger partial charge in [0.2, 0.25) is 0 Å². The average Bonchev–Trinajstić information content (AvgIpc) is 2.52. The number of nitrogens with one attached hydrogen (secondary N) is 1. The maximum absolute atomic E-state index is 11.2. The summed E-state index contributed by atoms with van der Waals surface area (Å²) < 4.78 is 5.52. The van der Waals surface area contributed by atoms with E-state index in [2.05, 4.69) is 30.1 Å². The van der Waals surface area contributed by atoms with Crippen LogP contribution < -0.4 is 15.0 Å². The Morgan fingerprint density at radius 2 is 2.27 bits per heavy atom. The number of ether oxygens (including phenoxy) is 1. The lowest BCUT2D eigenvalue weighted by molar-refractivity contribution is -0.141. The lowest BCUT2D eigenvalue weighted by atomic mass is 9.97. The van der Waals surface area contributed by atoms with Crippen molar-refractivity contribution in [2.45, 2.75) is 39.3 Å². The highest BCUT2D eigenvalue weighted by Gasteiger charge is 2.26. The molecule has 2 N–H and O–H groups in total. The van der Waals surface area contributed by atoms with E-state index in [9.17, 15) is 9.90 Å². The molecular formula is C17H26N2O3. The summed E-state index contributed by atoms with van der Waals surface area (Å²) in [7, 11) is 1.66. The van der Waals surface area contributed by atoms with Gasteiger partial charge in [0.1, 0.15) is 5.75 Å². The normalized spacial score (nSPS) is 18.5. The van der Waals surface area contributed by atoms with Crippen LogP contribution in [0.1, 0.15) is 32.3 Å². The first-order valence-corrected chi connectivity index (χ1v) is 7.89. The molecule has 1 unspecified atom stereocenters. The zero-order chi connectivity index (χ0) is 16.1. The number of carbonyl (C=O) groups is 1. The lowest BCUT2D eigenvalue weighted by Gasteiger charge is -2.33. The second-order valence-electron chi connectivity index (χ2n) is 6.17. The second-order valence-corrected chi connectivity index (χ2v) is 6.17. The Balaban J connectivity index is 2.14. The van der Waals surface area contributed by atoms with Crippen molar-refractivity contribution in [1.29, 1.82) is 0 Å². The quantitative estimate of drug-likeness (QED) is 0.845. The van der Waals surface area contributed by atoms with Gasteiger partial charge in [0.25, 0.3) is 0 Å². The van der Waals surface area contributed by atoms with Gasteiger partial charge in [-0.15, -0.1) is 0 Å². The van der Waals surface area contributed by atoms with Gasteiger partial charge in [-0.3, -0.25) is 4.79 Å². The van der Waals surface area contributed by atoms with Gasteiger partial charge in [0.05, 0.1) is 18.7 Å². The first kappa shape index (κ1) is 16.6. The minimum absolute atomic E-state index is 0.291. The number of benzene rings is 1. The maximum atomic E-state index is 11.2. The smallest absolute Gasteiger partial charge is 0.308 e. The Hall–Kier alpha value is -1.75. The number of aliphatic carboxylic acids is 1. The third-order valence-electron chi connectivity index (χ3n) is 4.07. The number of anilines is 1. The van der Waals surface area contributed by atoms with Gasteiger partial charge in [-0.05, 0) is 30.5 Å². The van der Waals surface area contributed by atoms with Crippen LogP contribution in [-0.4, -0.2) is 37.3 Å². The van der Waals surface area contributed by atoms with Gasteiger partial charge < -0.3 is 20.1 Å². The van der Waals surface area contributed by atoms with Crippen molar-refractivity contribution in [2.75, 3.05) is 25.1 Å².